The minimum atomic E-state index is -4.96. The number of pyridine rings is 1. The van der Waals surface area contributed by atoms with Crippen LogP contribution in [0.1, 0.15) is 53.6 Å². The van der Waals surface area contributed by atoms with E-state index in [0.717, 1.165) is 48.9 Å². The Morgan fingerprint density at radius 1 is 0.905 bits per heavy atom. The molecule has 0 atom stereocenters. The molecule has 0 radical (unpaired) electrons. The molecule has 0 aliphatic heterocycles. The van der Waals surface area contributed by atoms with Crippen molar-refractivity contribution in [1.29, 1.82) is 0 Å². The highest BCUT2D eigenvalue weighted by atomic mass is 19.4. The molecule has 3 aromatic heterocycles. The number of tetrazole rings is 1. The van der Waals surface area contributed by atoms with Gasteiger partial charge in [0.25, 0.3) is 5.95 Å². The molecule has 1 aromatic carbocycles. The molecule has 0 unspecified atom stereocenters. The molecular formula is C27H29F6N9. The van der Waals surface area contributed by atoms with Gasteiger partial charge in [0, 0.05) is 37.1 Å². The normalized spacial score (nSPS) is 16.0. The van der Waals surface area contributed by atoms with Crippen molar-refractivity contribution in [3.63, 3.8) is 0 Å². The summed E-state index contributed by atoms with van der Waals surface area (Å²) in [5, 5.41) is 21.0. The second-order valence-electron chi connectivity index (χ2n) is 11.3. The molecule has 2 aliphatic carbocycles. The van der Waals surface area contributed by atoms with Gasteiger partial charge >= 0.3 is 12.4 Å². The van der Waals surface area contributed by atoms with Crippen molar-refractivity contribution in [3.05, 3.63) is 52.2 Å². The number of anilines is 2. The maximum atomic E-state index is 13.6. The first-order valence-electron chi connectivity index (χ1n) is 13.6. The lowest BCUT2D eigenvalue weighted by atomic mass is 10.0. The van der Waals surface area contributed by atoms with Crippen LogP contribution in [0.25, 0.3) is 11.0 Å². The van der Waals surface area contributed by atoms with Gasteiger partial charge in [-0.1, -0.05) is 5.10 Å². The van der Waals surface area contributed by atoms with Gasteiger partial charge in [0.1, 0.15) is 5.82 Å². The summed E-state index contributed by atoms with van der Waals surface area (Å²) < 4.78 is 83.3. The van der Waals surface area contributed by atoms with Gasteiger partial charge < -0.3 is 10.2 Å². The van der Waals surface area contributed by atoms with Crippen LogP contribution in [0.4, 0.5) is 38.1 Å². The van der Waals surface area contributed by atoms with Crippen LogP contribution >= 0.6 is 0 Å². The van der Waals surface area contributed by atoms with Crippen LogP contribution in [0.3, 0.4) is 0 Å². The summed E-state index contributed by atoms with van der Waals surface area (Å²) in [5.41, 5.74) is -0.855. The van der Waals surface area contributed by atoms with Gasteiger partial charge in [0.2, 0.25) is 0 Å². The summed E-state index contributed by atoms with van der Waals surface area (Å²) in [7, 11) is 3.32. The zero-order valence-electron chi connectivity index (χ0n) is 23.1. The lowest BCUT2D eigenvalue weighted by molar-refractivity contribution is -0.143. The van der Waals surface area contributed by atoms with Crippen LogP contribution in [-0.4, -0.2) is 41.0 Å². The van der Waals surface area contributed by atoms with Gasteiger partial charge in [0.15, 0.2) is 5.65 Å². The largest absolute Gasteiger partial charge is 0.416 e. The molecule has 2 aliphatic rings. The number of alkyl halides is 6. The van der Waals surface area contributed by atoms with E-state index in [2.05, 4.69) is 25.8 Å². The molecule has 0 saturated heterocycles. The monoisotopic (exact) mass is 593 g/mol. The summed E-state index contributed by atoms with van der Waals surface area (Å²) in [6.45, 7) is 1.56. The lowest BCUT2D eigenvalue weighted by Gasteiger charge is -2.25. The number of nitrogens with one attached hydrogen (secondary N) is 1. The summed E-state index contributed by atoms with van der Waals surface area (Å²) >= 11 is 0. The molecule has 15 heteroatoms. The van der Waals surface area contributed by atoms with E-state index in [4.69, 9.17) is 4.98 Å². The van der Waals surface area contributed by atoms with E-state index in [1.165, 1.54) is 16.7 Å². The molecule has 1 N–H and O–H groups in total. The molecule has 0 amide bonds. The fraction of sp³-hybridized carbons (Fsp3) is 0.519. The smallest absolute Gasteiger partial charge is 0.366 e. The highest BCUT2D eigenvalue weighted by molar-refractivity contribution is 5.81. The second kappa shape index (κ2) is 10.1. The summed E-state index contributed by atoms with van der Waals surface area (Å²) in [4.78, 5) is 7.59. The van der Waals surface area contributed by atoms with E-state index in [9.17, 15) is 26.3 Å². The quantitative estimate of drug-likeness (QED) is 0.251. The molecule has 6 rings (SSSR count). The average molecular weight is 594 g/mol. The van der Waals surface area contributed by atoms with Crippen molar-refractivity contribution in [3.8, 4) is 0 Å². The average Bonchev–Trinajstić information content (AvgIpc) is 3.84. The fourth-order valence-corrected chi connectivity index (χ4v) is 5.45. The van der Waals surface area contributed by atoms with Crippen molar-refractivity contribution in [2.24, 2.45) is 25.9 Å². The van der Waals surface area contributed by atoms with Crippen LogP contribution < -0.4 is 10.2 Å². The van der Waals surface area contributed by atoms with Crippen LogP contribution in [0.2, 0.25) is 0 Å². The maximum absolute atomic E-state index is 13.6. The van der Waals surface area contributed by atoms with Gasteiger partial charge in [-0.2, -0.15) is 36.2 Å². The first-order chi connectivity index (χ1) is 19.8. The van der Waals surface area contributed by atoms with Gasteiger partial charge in [-0.05, 0) is 79.5 Å². The van der Waals surface area contributed by atoms with Crippen LogP contribution in [0, 0.1) is 18.8 Å². The Bertz CT molecular complexity index is 1570. The number of hydrogen-bond donors (Lipinski definition) is 1. The lowest BCUT2D eigenvalue weighted by Crippen LogP contribution is -2.28. The number of hydrogen-bond acceptors (Lipinski definition) is 7. The number of fused-ring (bicyclic) bond motifs is 1. The standard InChI is InChI=1S/C27H29F6N9/c1-14-21-10-18(23(35-24(21)40(2)37-14)34-22(16-4-5-16)17-6-7-17)13-42(25-36-39-41(3)38-25)12-15-8-19(26(28,29)30)11-20(9-15)27(31,32)33/h8-11,16-17,22H,4-7,12-13H2,1-3H3,(H,34,35). The fourth-order valence-electron chi connectivity index (χ4n) is 5.45. The topological polar surface area (TPSA) is 89.6 Å². The molecule has 2 saturated carbocycles. The Kier molecular flexibility index (Phi) is 6.80. The second-order valence-corrected chi connectivity index (χ2v) is 11.3. The molecule has 0 spiro atoms. The molecule has 2 fully saturated rings. The van der Waals surface area contributed by atoms with Crippen molar-refractivity contribution >= 4 is 22.8 Å². The van der Waals surface area contributed by atoms with Crippen molar-refractivity contribution in [2.75, 3.05) is 10.2 Å². The third kappa shape index (κ3) is 5.86. The number of aryl methyl sites for hydroxylation is 3. The first kappa shape index (κ1) is 28.2. The molecule has 4 aromatic rings. The Hall–Kier alpha value is -3.91. The molecule has 0 bridgehead atoms. The molecule has 224 valence electrons. The zero-order chi connectivity index (χ0) is 30.0. The van der Waals surface area contributed by atoms with Crippen molar-refractivity contribution in [2.45, 2.75) is 64.1 Å². The predicted molar refractivity (Wildman–Crippen MR) is 141 cm³/mol. The zero-order valence-corrected chi connectivity index (χ0v) is 23.1. The van der Waals surface area contributed by atoms with E-state index in [1.807, 2.05) is 13.0 Å². The number of halogens is 6. The Balaban J connectivity index is 1.42. The van der Waals surface area contributed by atoms with E-state index in [0.29, 0.717) is 28.9 Å². The number of aromatic nitrogens is 7. The first-order valence-corrected chi connectivity index (χ1v) is 13.6. The number of nitrogens with zero attached hydrogens (tertiary/aromatic N) is 8. The Morgan fingerprint density at radius 2 is 1.52 bits per heavy atom. The van der Waals surface area contributed by atoms with Gasteiger partial charge in [-0.25, -0.2) is 4.98 Å². The Labute approximate surface area is 236 Å². The molecular weight excluding hydrogens is 564 g/mol. The minimum absolute atomic E-state index is 0.0466. The van der Waals surface area contributed by atoms with E-state index in [-0.39, 0.29) is 36.7 Å². The molecule has 3 heterocycles. The van der Waals surface area contributed by atoms with Crippen LogP contribution in [-0.2, 0) is 39.5 Å². The number of rotatable bonds is 9. The summed E-state index contributed by atoms with van der Waals surface area (Å²) in [6, 6.07) is 3.72. The van der Waals surface area contributed by atoms with Crippen LogP contribution in [0.15, 0.2) is 24.3 Å². The Morgan fingerprint density at radius 3 is 2.05 bits per heavy atom. The van der Waals surface area contributed by atoms with E-state index < -0.39 is 23.5 Å². The van der Waals surface area contributed by atoms with Crippen molar-refractivity contribution in [1.82, 2.24) is 35.0 Å². The van der Waals surface area contributed by atoms with Crippen molar-refractivity contribution < 1.29 is 26.3 Å². The highest BCUT2D eigenvalue weighted by Gasteiger charge is 2.42. The van der Waals surface area contributed by atoms with E-state index >= 15 is 0 Å². The summed E-state index contributed by atoms with van der Waals surface area (Å²) in [5.74, 6) is 1.74. The molecule has 42 heavy (non-hydrogen) atoms. The van der Waals surface area contributed by atoms with Gasteiger partial charge in [0.05, 0.1) is 23.9 Å². The summed E-state index contributed by atoms with van der Waals surface area (Å²) in [6.07, 6.45) is -5.41. The minimum Gasteiger partial charge on any atom is -0.366 e. The van der Waals surface area contributed by atoms with Crippen LogP contribution in [0.5, 0.6) is 0 Å². The number of benzene rings is 1. The molecule has 9 nitrogen and oxygen atoms in total. The van der Waals surface area contributed by atoms with Gasteiger partial charge in [-0.15, -0.1) is 5.10 Å². The third-order valence-corrected chi connectivity index (χ3v) is 7.80. The maximum Gasteiger partial charge on any atom is 0.416 e. The van der Waals surface area contributed by atoms with E-state index in [1.54, 1.807) is 11.7 Å². The highest BCUT2D eigenvalue weighted by Crippen LogP contribution is 2.46. The third-order valence-electron chi connectivity index (χ3n) is 7.80. The SMILES string of the molecule is Cc1nn(C)c2nc(NC(C3CC3)C3CC3)c(CN(Cc3cc(C(F)(F)F)cc(C(F)(F)F)c3)c3nnn(C)n3)cc12. The van der Waals surface area contributed by atoms with Gasteiger partial charge in [-0.3, -0.25) is 4.68 Å². The predicted octanol–water partition coefficient (Wildman–Crippen LogP) is 5.65.